The summed E-state index contributed by atoms with van der Waals surface area (Å²) in [5.41, 5.74) is 9.24. The van der Waals surface area contributed by atoms with Crippen LogP contribution in [0.15, 0.2) is 66.0 Å². The van der Waals surface area contributed by atoms with Crippen molar-refractivity contribution >= 4 is 23.2 Å². The maximum Gasteiger partial charge on any atom is 0.261 e. The number of benzene rings is 2. The lowest BCUT2D eigenvalue weighted by atomic mass is 9.99. The molecule has 1 aromatic heterocycles. The lowest BCUT2D eigenvalue weighted by Gasteiger charge is -2.18. The minimum atomic E-state index is -0.227. The molecule has 0 bridgehead atoms. The molecule has 3 N–H and O–H groups in total. The summed E-state index contributed by atoms with van der Waals surface area (Å²) in [6.45, 7) is 1.08. The second-order valence-corrected chi connectivity index (χ2v) is 9.50. The van der Waals surface area contributed by atoms with Gasteiger partial charge in [0.1, 0.15) is 5.82 Å². The Morgan fingerprint density at radius 1 is 1.09 bits per heavy atom. The molecule has 2 atom stereocenters. The van der Waals surface area contributed by atoms with E-state index in [0.29, 0.717) is 29.6 Å². The second-order valence-electron chi connectivity index (χ2n) is 8.55. The van der Waals surface area contributed by atoms with Crippen LogP contribution in [-0.4, -0.2) is 36.3 Å². The molecule has 0 saturated carbocycles. The van der Waals surface area contributed by atoms with Crippen molar-refractivity contribution in [1.29, 1.82) is 0 Å². The summed E-state index contributed by atoms with van der Waals surface area (Å²) in [5, 5.41) is 4.76. The highest BCUT2D eigenvalue weighted by atomic mass is 32.1. The predicted octanol–water partition coefficient (Wildman–Crippen LogP) is 4.28. The van der Waals surface area contributed by atoms with E-state index in [-0.39, 0.29) is 23.7 Å². The monoisotopic (exact) mass is 480 g/mol. The zero-order chi connectivity index (χ0) is 23.9. The summed E-state index contributed by atoms with van der Waals surface area (Å²) < 4.78 is 13.1. The Kier molecular flexibility index (Phi) is 8.05. The van der Waals surface area contributed by atoms with Crippen molar-refractivity contribution in [2.45, 2.75) is 37.9 Å². The molecule has 3 aromatic rings. The average molecular weight is 481 g/mol. The topological polar surface area (TPSA) is 73.5 Å². The molecule has 34 heavy (non-hydrogen) atoms. The van der Waals surface area contributed by atoms with Crippen LogP contribution in [0.1, 0.15) is 56.5 Å². The molecule has 1 aliphatic rings. The van der Waals surface area contributed by atoms with E-state index >= 15 is 0 Å². The molecule has 1 saturated heterocycles. The molecule has 178 valence electrons. The molecule has 6 nitrogen and oxygen atoms in total. The van der Waals surface area contributed by atoms with Crippen LogP contribution in [0.25, 0.3) is 0 Å². The van der Waals surface area contributed by atoms with Crippen molar-refractivity contribution in [1.82, 2.24) is 21.1 Å². The zero-order valence-corrected chi connectivity index (χ0v) is 19.9. The Balaban J connectivity index is 1.18. The van der Waals surface area contributed by atoms with E-state index in [0.717, 1.165) is 30.4 Å². The number of thiophene rings is 1. The van der Waals surface area contributed by atoms with Crippen molar-refractivity contribution in [2.24, 2.45) is 0 Å². The van der Waals surface area contributed by atoms with Gasteiger partial charge in [-0.15, -0.1) is 11.3 Å². The summed E-state index contributed by atoms with van der Waals surface area (Å²) >= 11 is 1.41. The first-order valence-corrected chi connectivity index (χ1v) is 12.3. The highest BCUT2D eigenvalue weighted by Crippen LogP contribution is 2.24. The minimum Gasteiger partial charge on any atom is -0.347 e. The summed E-state index contributed by atoms with van der Waals surface area (Å²) in [4.78, 5) is 27.3. The Morgan fingerprint density at radius 3 is 2.56 bits per heavy atom. The maximum atomic E-state index is 13.1. The quantitative estimate of drug-likeness (QED) is 0.428. The normalized spacial score (nSPS) is 17.5. The summed E-state index contributed by atoms with van der Waals surface area (Å²) in [5.74, 6) is -0.337. The maximum absolute atomic E-state index is 13.1. The van der Waals surface area contributed by atoms with E-state index in [1.807, 2.05) is 42.8 Å². The first kappa shape index (κ1) is 24.1. The SMILES string of the molecule is CN(CCCC1CC(c2ccc(F)cc2)NN1)C(=O)c1ccc(CNC(=O)c2cccs2)cc1. The number of carbonyl (C=O) groups excluding carboxylic acids is 2. The van der Waals surface area contributed by atoms with E-state index in [1.165, 1.54) is 23.5 Å². The Bertz CT molecular complexity index is 1090. The fraction of sp³-hybridized carbons (Fsp3) is 0.308. The zero-order valence-electron chi connectivity index (χ0n) is 19.1. The lowest BCUT2D eigenvalue weighted by molar-refractivity contribution is 0.0791. The van der Waals surface area contributed by atoms with Gasteiger partial charge in [0.15, 0.2) is 0 Å². The number of hydrazine groups is 1. The van der Waals surface area contributed by atoms with E-state index < -0.39 is 0 Å². The third kappa shape index (κ3) is 6.28. The van der Waals surface area contributed by atoms with E-state index in [4.69, 9.17) is 0 Å². The molecular weight excluding hydrogens is 451 g/mol. The standard InChI is InChI=1S/C26H29FN4O2S/c1-31(14-2-4-22-16-23(30-29-22)19-10-12-21(27)13-11-19)26(33)20-8-6-18(7-9-20)17-28-25(32)24-5-3-15-34-24/h3,5-13,15,22-23,29-30H,2,4,14,16-17H2,1H3,(H,28,32). The Hall–Kier alpha value is -3.07. The smallest absolute Gasteiger partial charge is 0.261 e. The molecule has 2 heterocycles. The fourth-order valence-electron chi connectivity index (χ4n) is 4.06. The van der Waals surface area contributed by atoms with E-state index in [2.05, 4.69) is 16.2 Å². The number of nitrogens with one attached hydrogen (secondary N) is 3. The summed E-state index contributed by atoms with van der Waals surface area (Å²) in [7, 11) is 1.82. The van der Waals surface area contributed by atoms with Gasteiger partial charge in [-0.1, -0.05) is 30.3 Å². The Labute approximate surface area is 203 Å². The van der Waals surface area contributed by atoms with Gasteiger partial charge in [0.05, 0.1) is 4.88 Å². The predicted molar refractivity (Wildman–Crippen MR) is 132 cm³/mol. The van der Waals surface area contributed by atoms with Crippen molar-refractivity contribution in [2.75, 3.05) is 13.6 Å². The number of nitrogens with zero attached hydrogens (tertiary/aromatic N) is 1. The number of hydrogen-bond acceptors (Lipinski definition) is 5. The lowest BCUT2D eigenvalue weighted by Crippen LogP contribution is -2.32. The van der Waals surface area contributed by atoms with Crippen molar-refractivity contribution < 1.29 is 14.0 Å². The first-order valence-electron chi connectivity index (χ1n) is 11.4. The van der Waals surface area contributed by atoms with Crippen LogP contribution in [-0.2, 0) is 6.54 Å². The summed E-state index contributed by atoms with van der Waals surface area (Å²) in [6.07, 6.45) is 2.74. The first-order chi connectivity index (χ1) is 16.5. The molecule has 2 aromatic carbocycles. The van der Waals surface area contributed by atoms with Gasteiger partial charge < -0.3 is 10.2 Å². The largest absolute Gasteiger partial charge is 0.347 e. The third-order valence-corrected chi connectivity index (χ3v) is 6.91. The van der Waals surface area contributed by atoms with Crippen LogP contribution in [0.2, 0.25) is 0 Å². The number of rotatable bonds is 9. The molecule has 0 spiro atoms. The highest BCUT2D eigenvalue weighted by molar-refractivity contribution is 7.12. The number of amides is 2. The van der Waals surface area contributed by atoms with Crippen LogP contribution in [0.5, 0.6) is 0 Å². The van der Waals surface area contributed by atoms with E-state index in [1.54, 1.807) is 23.1 Å². The van der Waals surface area contributed by atoms with Crippen LogP contribution in [0, 0.1) is 5.82 Å². The molecular formula is C26H29FN4O2S. The number of hydrogen-bond donors (Lipinski definition) is 3. The Morgan fingerprint density at radius 2 is 1.85 bits per heavy atom. The second kappa shape index (κ2) is 11.4. The van der Waals surface area contributed by atoms with Gasteiger partial charge in [-0.3, -0.25) is 20.4 Å². The molecule has 0 aliphatic carbocycles. The molecule has 2 unspecified atom stereocenters. The summed E-state index contributed by atoms with van der Waals surface area (Å²) in [6, 6.07) is 18.1. The molecule has 1 aliphatic heterocycles. The number of halogens is 1. The van der Waals surface area contributed by atoms with Crippen molar-refractivity contribution in [3.63, 3.8) is 0 Å². The van der Waals surface area contributed by atoms with Crippen LogP contribution in [0.4, 0.5) is 4.39 Å². The number of carbonyl (C=O) groups is 2. The van der Waals surface area contributed by atoms with Gasteiger partial charge in [-0.25, -0.2) is 4.39 Å². The van der Waals surface area contributed by atoms with Gasteiger partial charge in [0, 0.05) is 37.8 Å². The molecule has 8 heteroatoms. The molecule has 0 radical (unpaired) electrons. The van der Waals surface area contributed by atoms with Crippen molar-refractivity contribution in [3.8, 4) is 0 Å². The molecule has 2 amide bonds. The average Bonchev–Trinajstić information content (AvgIpc) is 3.56. The van der Waals surface area contributed by atoms with Gasteiger partial charge in [-0.05, 0) is 66.1 Å². The fourth-order valence-corrected chi connectivity index (χ4v) is 4.70. The van der Waals surface area contributed by atoms with Crippen LogP contribution >= 0.6 is 11.3 Å². The van der Waals surface area contributed by atoms with E-state index in [9.17, 15) is 14.0 Å². The van der Waals surface area contributed by atoms with Crippen LogP contribution in [0.3, 0.4) is 0 Å². The van der Waals surface area contributed by atoms with Gasteiger partial charge in [-0.2, -0.15) is 0 Å². The van der Waals surface area contributed by atoms with Crippen LogP contribution < -0.4 is 16.2 Å². The minimum absolute atomic E-state index is 0.0177. The highest BCUT2D eigenvalue weighted by Gasteiger charge is 2.24. The van der Waals surface area contributed by atoms with Gasteiger partial charge in [0.25, 0.3) is 11.8 Å². The van der Waals surface area contributed by atoms with Gasteiger partial charge >= 0.3 is 0 Å². The van der Waals surface area contributed by atoms with Crippen molar-refractivity contribution in [3.05, 3.63) is 93.4 Å². The molecule has 4 rings (SSSR count). The van der Waals surface area contributed by atoms with Gasteiger partial charge in [0.2, 0.25) is 0 Å². The molecule has 1 fully saturated rings. The third-order valence-electron chi connectivity index (χ3n) is 6.05.